The van der Waals surface area contributed by atoms with Gasteiger partial charge in [-0.15, -0.1) is 0 Å². The summed E-state index contributed by atoms with van der Waals surface area (Å²) in [7, 11) is 0. The smallest absolute Gasteiger partial charge is 0.349 e. The van der Waals surface area contributed by atoms with Gasteiger partial charge < -0.3 is 19.3 Å². The van der Waals surface area contributed by atoms with Crippen LogP contribution in [-0.4, -0.2) is 40.9 Å². The number of carboxylic acid groups (broad SMARTS) is 1. The van der Waals surface area contributed by atoms with Gasteiger partial charge in [0.25, 0.3) is 0 Å². The molecule has 0 aromatic heterocycles. The molecule has 0 fully saturated rings. The van der Waals surface area contributed by atoms with Crippen molar-refractivity contribution in [1.82, 2.24) is 0 Å². The van der Waals surface area contributed by atoms with Gasteiger partial charge in [-0.05, 0) is 48.6 Å². The van der Waals surface area contributed by atoms with Crippen molar-refractivity contribution in [3.63, 3.8) is 0 Å². The highest BCUT2D eigenvalue weighted by Crippen LogP contribution is 2.38. The van der Waals surface area contributed by atoms with Crippen molar-refractivity contribution in [3.05, 3.63) is 131 Å². The fraction of sp³-hybridized carbons (Fsp3) is 0.0714. The van der Waals surface area contributed by atoms with E-state index in [1.54, 1.807) is 30.3 Å². The van der Waals surface area contributed by atoms with Gasteiger partial charge in [-0.2, -0.15) is 4.39 Å². The first kappa shape index (κ1) is 25.1. The predicted octanol–water partition coefficient (Wildman–Crippen LogP) is 4.50. The van der Waals surface area contributed by atoms with E-state index in [0.29, 0.717) is 6.08 Å². The molecular weight excluding hydrogens is 483 g/mol. The van der Waals surface area contributed by atoms with Crippen LogP contribution in [0.4, 0.5) is 4.39 Å². The van der Waals surface area contributed by atoms with Gasteiger partial charge in [-0.3, -0.25) is 0 Å². The highest BCUT2D eigenvalue weighted by Gasteiger charge is 2.54. The number of hydrogen-bond donors (Lipinski definition) is 1. The zero-order chi connectivity index (χ0) is 26.4. The number of aliphatic carboxylic acids is 1. The minimum atomic E-state index is -3.39. The third-order valence-electron chi connectivity index (χ3n) is 5.27. The molecule has 0 aliphatic heterocycles. The highest BCUT2D eigenvalue weighted by atomic mass is 19.2. The van der Waals surface area contributed by atoms with Crippen molar-refractivity contribution >= 4 is 23.9 Å². The number of halogens is 1. The van der Waals surface area contributed by atoms with Crippen LogP contribution in [-0.2, 0) is 19.0 Å². The standard InChI is InChI=1S/C28H19FO8/c29-28(37-27(34)20-14-8-3-9-15-20)22(35-25(32)18-10-4-1-5-11-18)16-21(24(30)31)17-23(28)36-26(33)19-12-6-2-7-13-19/h1-17,22H,(H,30,31). The van der Waals surface area contributed by atoms with E-state index in [-0.39, 0.29) is 16.7 Å². The van der Waals surface area contributed by atoms with Crippen LogP contribution in [0, 0.1) is 0 Å². The fourth-order valence-electron chi connectivity index (χ4n) is 3.41. The van der Waals surface area contributed by atoms with Crippen LogP contribution in [0.15, 0.2) is 114 Å². The quantitative estimate of drug-likeness (QED) is 0.371. The summed E-state index contributed by atoms with van der Waals surface area (Å²) in [6.07, 6.45) is -0.641. The minimum Gasteiger partial charge on any atom is -0.478 e. The summed E-state index contributed by atoms with van der Waals surface area (Å²) >= 11 is 0. The molecule has 0 spiro atoms. The highest BCUT2D eigenvalue weighted by molar-refractivity contribution is 5.94. The lowest BCUT2D eigenvalue weighted by molar-refractivity contribution is -0.156. The molecule has 9 heteroatoms. The molecule has 8 nitrogen and oxygen atoms in total. The molecule has 4 rings (SSSR count). The maximum Gasteiger partial charge on any atom is 0.349 e. The number of ether oxygens (including phenoxy) is 3. The molecule has 1 aliphatic carbocycles. The molecule has 3 aromatic rings. The topological polar surface area (TPSA) is 116 Å². The molecule has 0 saturated heterocycles. The van der Waals surface area contributed by atoms with Gasteiger partial charge in [0.15, 0.2) is 11.9 Å². The van der Waals surface area contributed by atoms with Gasteiger partial charge >= 0.3 is 29.7 Å². The SMILES string of the molecule is O=C(O)C1=CC(OC(=O)c2ccccc2)C(F)(OC(=O)c2ccccc2)C(OC(=O)c2ccccc2)=C1. The zero-order valence-corrected chi connectivity index (χ0v) is 19.1. The monoisotopic (exact) mass is 502 g/mol. The van der Waals surface area contributed by atoms with Gasteiger partial charge in [0.05, 0.1) is 22.3 Å². The van der Waals surface area contributed by atoms with E-state index >= 15 is 4.39 Å². The van der Waals surface area contributed by atoms with E-state index in [1.807, 2.05) is 0 Å². The van der Waals surface area contributed by atoms with E-state index in [1.165, 1.54) is 60.7 Å². The number of carbonyl (C=O) groups is 4. The van der Waals surface area contributed by atoms with Crippen molar-refractivity contribution in [1.29, 1.82) is 0 Å². The van der Waals surface area contributed by atoms with Gasteiger partial charge in [0, 0.05) is 0 Å². The largest absolute Gasteiger partial charge is 0.478 e. The first-order valence-corrected chi connectivity index (χ1v) is 11.0. The van der Waals surface area contributed by atoms with Crippen LogP contribution in [0.5, 0.6) is 0 Å². The number of alkyl halides is 1. The number of carbonyl (C=O) groups excluding carboxylic acids is 3. The summed E-state index contributed by atoms with van der Waals surface area (Å²) in [6, 6.07) is 22.4. The van der Waals surface area contributed by atoms with Gasteiger partial charge in [-0.1, -0.05) is 54.6 Å². The first-order valence-electron chi connectivity index (χ1n) is 11.0. The van der Waals surface area contributed by atoms with E-state index in [0.717, 1.165) is 6.08 Å². The van der Waals surface area contributed by atoms with E-state index < -0.39 is 47.2 Å². The summed E-state index contributed by atoms with van der Waals surface area (Å²) in [5.41, 5.74) is -0.550. The third-order valence-corrected chi connectivity index (χ3v) is 5.27. The molecular formula is C28H19FO8. The lowest BCUT2D eigenvalue weighted by Gasteiger charge is -2.34. The number of carboxylic acids is 1. The maximum atomic E-state index is 16.7. The molecule has 0 radical (unpaired) electrons. The second kappa shape index (κ2) is 10.7. The summed E-state index contributed by atoms with van der Waals surface area (Å²) in [5, 5.41) is 9.58. The Morgan fingerprint density at radius 2 is 1.16 bits per heavy atom. The predicted molar refractivity (Wildman–Crippen MR) is 127 cm³/mol. The van der Waals surface area contributed by atoms with Gasteiger partial charge in [-0.25, -0.2) is 19.2 Å². The number of esters is 3. The van der Waals surface area contributed by atoms with Crippen molar-refractivity contribution in [2.75, 3.05) is 0 Å². The van der Waals surface area contributed by atoms with Crippen LogP contribution in [0.2, 0.25) is 0 Å². The number of benzene rings is 3. The number of rotatable bonds is 7. The molecule has 0 amide bonds. The van der Waals surface area contributed by atoms with Gasteiger partial charge in [0.1, 0.15) is 0 Å². The van der Waals surface area contributed by atoms with Crippen molar-refractivity contribution in [2.45, 2.75) is 12.0 Å². The Balaban J connectivity index is 1.75. The Hall–Kier alpha value is -5.05. The Bertz CT molecular complexity index is 1380. The van der Waals surface area contributed by atoms with Crippen LogP contribution in [0.3, 0.4) is 0 Å². The minimum absolute atomic E-state index is 0.0180. The van der Waals surface area contributed by atoms with Crippen LogP contribution in [0.1, 0.15) is 31.1 Å². The Morgan fingerprint density at radius 1 is 0.703 bits per heavy atom. The Labute approximate surface area is 210 Å². The molecule has 2 atom stereocenters. The molecule has 37 heavy (non-hydrogen) atoms. The Kier molecular flexibility index (Phi) is 7.24. The van der Waals surface area contributed by atoms with E-state index in [9.17, 15) is 24.3 Å². The lowest BCUT2D eigenvalue weighted by Crippen LogP contribution is -2.48. The second-order valence-corrected chi connectivity index (χ2v) is 7.78. The molecule has 1 aliphatic rings. The molecule has 0 heterocycles. The van der Waals surface area contributed by atoms with Crippen LogP contribution >= 0.6 is 0 Å². The van der Waals surface area contributed by atoms with Crippen LogP contribution in [0.25, 0.3) is 0 Å². The normalized spacial score (nSPS) is 18.6. The first-order chi connectivity index (χ1) is 17.8. The van der Waals surface area contributed by atoms with E-state index in [2.05, 4.69) is 0 Å². The van der Waals surface area contributed by atoms with Crippen LogP contribution < -0.4 is 0 Å². The second-order valence-electron chi connectivity index (χ2n) is 7.78. The van der Waals surface area contributed by atoms with Crippen molar-refractivity contribution < 1.29 is 42.9 Å². The molecule has 3 aromatic carbocycles. The van der Waals surface area contributed by atoms with E-state index in [4.69, 9.17) is 14.2 Å². The maximum absolute atomic E-state index is 16.7. The number of hydrogen-bond acceptors (Lipinski definition) is 7. The Morgan fingerprint density at radius 3 is 1.65 bits per heavy atom. The third kappa shape index (κ3) is 5.62. The average molecular weight is 502 g/mol. The summed E-state index contributed by atoms with van der Waals surface area (Å²) in [5.74, 6) is -9.13. The summed E-state index contributed by atoms with van der Waals surface area (Å²) < 4.78 is 32.3. The molecule has 186 valence electrons. The van der Waals surface area contributed by atoms with Crippen molar-refractivity contribution in [3.8, 4) is 0 Å². The molecule has 0 saturated carbocycles. The molecule has 1 N–H and O–H groups in total. The van der Waals surface area contributed by atoms with Crippen molar-refractivity contribution in [2.24, 2.45) is 0 Å². The molecule has 2 unspecified atom stereocenters. The zero-order valence-electron chi connectivity index (χ0n) is 19.1. The summed E-state index contributed by atoms with van der Waals surface area (Å²) in [4.78, 5) is 50.1. The summed E-state index contributed by atoms with van der Waals surface area (Å²) in [6.45, 7) is 0. The molecule has 0 bridgehead atoms. The lowest BCUT2D eigenvalue weighted by atomic mass is 9.97. The fourth-order valence-corrected chi connectivity index (χ4v) is 3.41. The van der Waals surface area contributed by atoms with Gasteiger partial charge in [0.2, 0.25) is 0 Å². The average Bonchev–Trinajstić information content (AvgIpc) is 2.92.